The molecule has 1 N–H and O–H groups in total. The molecule has 2 amide bonds. The van der Waals surface area contributed by atoms with E-state index in [0.29, 0.717) is 23.7 Å². The Bertz CT molecular complexity index is 1350. The molecule has 0 spiro atoms. The van der Waals surface area contributed by atoms with E-state index in [9.17, 15) is 9.59 Å². The highest BCUT2D eigenvalue weighted by Crippen LogP contribution is 2.30. The maximum absolute atomic E-state index is 14.0. The molecule has 0 saturated heterocycles. The Morgan fingerprint density at radius 1 is 0.944 bits per heavy atom. The van der Waals surface area contributed by atoms with Crippen molar-refractivity contribution in [2.24, 2.45) is 5.92 Å². The van der Waals surface area contributed by atoms with Gasteiger partial charge >= 0.3 is 0 Å². The molecular formula is C29H33N5O2. The predicted molar refractivity (Wildman–Crippen MR) is 143 cm³/mol. The van der Waals surface area contributed by atoms with Crippen molar-refractivity contribution in [1.29, 1.82) is 0 Å². The molecule has 3 aromatic carbocycles. The van der Waals surface area contributed by atoms with Gasteiger partial charge in [0, 0.05) is 12.2 Å². The largest absolute Gasteiger partial charge is 0.354 e. The van der Waals surface area contributed by atoms with Crippen LogP contribution in [0.1, 0.15) is 43.0 Å². The summed E-state index contributed by atoms with van der Waals surface area (Å²) in [5.41, 5.74) is 5.06. The van der Waals surface area contributed by atoms with Crippen LogP contribution in [0.15, 0.2) is 72.8 Å². The zero-order valence-corrected chi connectivity index (χ0v) is 21.3. The summed E-state index contributed by atoms with van der Waals surface area (Å²) in [5.74, 6) is -0.00259. The molecule has 36 heavy (non-hydrogen) atoms. The van der Waals surface area contributed by atoms with Gasteiger partial charge in [0.2, 0.25) is 11.8 Å². The highest BCUT2D eigenvalue weighted by molar-refractivity contribution is 6.01. The molecule has 0 fully saturated rings. The highest BCUT2D eigenvalue weighted by atomic mass is 16.2. The van der Waals surface area contributed by atoms with Crippen molar-refractivity contribution < 1.29 is 9.59 Å². The standard InChI is InChI=1S/C29H33N5O2/c1-20(2)16-17-30-29(36)28(23-10-6-5-7-11-23)34(24-15-14-21(3)22(4)18-24)27(35)19-33-26-13-9-8-12-25(26)31-32-33/h5-15,18,20,28H,16-17,19H2,1-4H3,(H,30,36)/t28-/m1/s1. The van der Waals surface area contributed by atoms with Crippen molar-refractivity contribution in [3.05, 3.63) is 89.5 Å². The minimum atomic E-state index is -0.831. The third-order valence-corrected chi connectivity index (χ3v) is 6.39. The van der Waals surface area contributed by atoms with Gasteiger partial charge in [-0.25, -0.2) is 4.68 Å². The molecule has 0 aliphatic heterocycles. The Labute approximate surface area is 212 Å². The second-order valence-corrected chi connectivity index (χ2v) is 9.55. The highest BCUT2D eigenvalue weighted by Gasteiger charge is 2.33. The van der Waals surface area contributed by atoms with Gasteiger partial charge in [-0.2, -0.15) is 0 Å². The molecule has 0 aliphatic rings. The van der Waals surface area contributed by atoms with Crippen LogP contribution in [-0.4, -0.2) is 33.4 Å². The fourth-order valence-electron chi connectivity index (χ4n) is 4.18. The number of carbonyl (C=O) groups is 2. The number of nitrogens with one attached hydrogen (secondary N) is 1. The number of aromatic nitrogens is 3. The zero-order chi connectivity index (χ0) is 25.7. The van der Waals surface area contributed by atoms with Crippen LogP contribution in [0.3, 0.4) is 0 Å². The van der Waals surface area contributed by atoms with Gasteiger partial charge in [-0.3, -0.25) is 14.5 Å². The number of amides is 2. The Morgan fingerprint density at radius 3 is 2.39 bits per heavy atom. The second-order valence-electron chi connectivity index (χ2n) is 9.55. The number of hydrogen-bond acceptors (Lipinski definition) is 4. The van der Waals surface area contributed by atoms with Crippen LogP contribution in [0.4, 0.5) is 5.69 Å². The molecule has 0 aliphatic carbocycles. The van der Waals surface area contributed by atoms with Crippen LogP contribution in [0.25, 0.3) is 11.0 Å². The second kappa shape index (κ2) is 11.2. The van der Waals surface area contributed by atoms with Crippen molar-refractivity contribution in [2.75, 3.05) is 11.4 Å². The minimum Gasteiger partial charge on any atom is -0.354 e. The van der Waals surface area contributed by atoms with Gasteiger partial charge in [-0.1, -0.05) is 67.6 Å². The summed E-state index contributed by atoms with van der Waals surface area (Å²) in [6.45, 7) is 8.77. The molecule has 186 valence electrons. The van der Waals surface area contributed by atoms with Gasteiger partial charge in [0.25, 0.3) is 0 Å². The summed E-state index contributed by atoms with van der Waals surface area (Å²) in [4.78, 5) is 29.3. The summed E-state index contributed by atoms with van der Waals surface area (Å²) >= 11 is 0. The van der Waals surface area contributed by atoms with Gasteiger partial charge in [0.15, 0.2) is 0 Å². The van der Waals surface area contributed by atoms with E-state index in [0.717, 1.165) is 28.6 Å². The van der Waals surface area contributed by atoms with E-state index >= 15 is 0 Å². The number of nitrogens with zero attached hydrogens (tertiary/aromatic N) is 4. The third-order valence-electron chi connectivity index (χ3n) is 6.39. The van der Waals surface area contributed by atoms with E-state index in [1.165, 1.54) is 0 Å². The lowest BCUT2D eigenvalue weighted by Crippen LogP contribution is -2.45. The zero-order valence-electron chi connectivity index (χ0n) is 21.3. The number of rotatable bonds is 9. The third kappa shape index (κ3) is 5.62. The Balaban J connectivity index is 1.77. The number of anilines is 1. The number of benzene rings is 3. The van der Waals surface area contributed by atoms with Crippen LogP contribution in [0.2, 0.25) is 0 Å². The first-order chi connectivity index (χ1) is 17.3. The van der Waals surface area contributed by atoms with Crippen LogP contribution in [-0.2, 0) is 16.1 Å². The van der Waals surface area contributed by atoms with Gasteiger partial charge in [0.05, 0.1) is 5.52 Å². The van der Waals surface area contributed by atoms with E-state index < -0.39 is 6.04 Å². The van der Waals surface area contributed by atoms with E-state index in [2.05, 4.69) is 29.5 Å². The van der Waals surface area contributed by atoms with Crippen molar-refractivity contribution in [2.45, 2.75) is 46.7 Å². The summed E-state index contributed by atoms with van der Waals surface area (Å²) in [5, 5.41) is 11.5. The molecule has 0 radical (unpaired) electrons. The summed E-state index contributed by atoms with van der Waals surface area (Å²) in [6.07, 6.45) is 0.857. The SMILES string of the molecule is Cc1ccc(N(C(=O)Cn2nnc3ccccc32)[C@@H](C(=O)NCCC(C)C)c2ccccc2)cc1C. The molecule has 7 nitrogen and oxygen atoms in total. The van der Waals surface area contributed by atoms with Crippen LogP contribution >= 0.6 is 0 Å². The molecule has 4 rings (SSSR count). The quantitative estimate of drug-likeness (QED) is 0.364. The lowest BCUT2D eigenvalue weighted by Gasteiger charge is -2.32. The van der Waals surface area contributed by atoms with Crippen molar-refractivity contribution in [1.82, 2.24) is 20.3 Å². The van der Waals surface area contributed by atoms with Gasteiger partial charge in [0.1, 0.15) is 18.1 Å². The molecule has 1 aromatic heterocycles. The fraction of sp³-hybridized carbons (Fsp3) is 0.310. The lowest BCUT2D eigenvalue weighted by atomic mass is 10.0. The number of para-hydroxylation sites is 1. The Kier molecular flexibility index (Phi) is 7.78. The average Bonchev–Trinajstić information content (AvgIpc) is 3.27. The maximum atomic E-state index is 14.0. The van der Waals surface area contributed by atoms with Crippen molar-refractivity contribution in [3.8, 4) is 0 Å². The molecule has 4 aromatic rings. The molecule has 0 saturated carbocycles. The monoisotopic (exact) mass is 483 g/mol. The van der Waals surface area contributed by atoms with Crippen molar-refractivity contribution in [3.63, 3.8) is 0 Å². The van der Waals surface area contributed by atoms with Crippen LogP contribution in [0.5, 0.6) is 0 Å². The van der Waals surface area contributed by atoms with Crippen LogP contribution < -0.4 is 10.2 Å². The molecule has 0 unspecified atom stereocenters. The van der Waals surface area contributed by atoms with Gasteiger partial charge < -0.3 is 5.32 Å². The first kappa shape index (κ1) is 25.1. The molecule has 1 atom stereocenters. The minimum absolute atomic E-state index is 0.0456. The maximum Gasteiger partial charge on any atom is 0.249 e. The van der Waals surface area contributed by atoms with E-state index in [1.807, 2.05) is 86.6 Å². The normalized spacial score (nSPS) is 12.0. The molecule has 1 heterocycles. The van der Waals surface area contributed by atoms with Crippen molar-refractivity contribution >= 4 is 28.5 Å². The number of aryl methyl sites for hydroxylation is 2. The molecule has 7 heteroatoms. The number of hydrogen-bond donors (Lipinski definition) is 1. The predicted octanol–water partition coefficient (Wildman–Crippen LogP) is 4.98. The Morgan fingerprint density at radius 2 is 1.67 bits per heavy atom. The number of carbonyl (C=O) groups excluding carboxylic acids is 2. The molecule has 0 bridgehead atoms. The summed E-state index contributed by atoms with van der Waals surface area (Å²) in [7, 11) is 0. The summed E-state index contributed by atoms with van der Waals surface area (Å²) in [6, 6.07) is 22.0. The topological polar surface area (TPSA) is 80.1 Å². The Hall–Kier alpha value is -4.00. The first-order valence-electron chi connectivity index (χ1n) is 12.4. The lowest BCUT2D eigenvalue weighted by molar-refractivity contribution is -0.127. The van der Waals surface area contributed by atoms with Gasteiger partial charge in [-0.15, -0.1) is 5.10 Å². The number of fused-ring (bicyclic) bond motifs is 1. The smallest absolute Gasteiger partial charge is 0.249 e. The van der Waals surface area contributed by atoms with Gasteiger partial charge in [-0.05, 0) is 67.1 Å². The van der Waals surface area contributed by atoms with E-state index in [4.69, 9.17) is 0 Å². The first-order valence-corrected chi connectivity index (χ1v) is 12.4. The van der Waals surface area contributed by atoms with E-state index in [1.54, 1.807) is 9.58 Å². The fourth-order valence-corrected chi connectivity index (χ4v) is 4.18. The average molecular weight is 484 g/mol. The summed E-state index contributed by atoms with van der Waals surface area (Å²) < 4.78 is 1.59. The van der Waals surface area contributed by atoms with Crippen LogP contribution in [0, 0.1) is 19.8 Å². The molecular weight excluding hydrogens is 450 g/mol. The van der Waals surface area contributed by atoms with E-state index in [-0.39, 0.29) is 18.4 Å².